The summed E-state index contributed by atoms with van der Waals surface area (Å²) in [6, 6.07) is 19.1. The zero-order valence-corrected chi connectivity index (χ0v) is 19.2. The van der Waals surface area contributed by atoms with Crippen LogP contribution in [0.2, 0.25) is 0 Å². The molecular weight excluding hydrogens is 446 g/mol. The summed E-state index contributed by atoms with van der Waals surface area (Å²) < 4.78 is 6.74. The molecule has 0 aliphatic carbocycles. The predicted octanol–water partition coefficient (Wildman–Crippen LogP) is 5.81. The molecule has 0 amide bonds. The van der Waals surface area contributed by atoms with Crippen molar-refractivity contribution in [3.05, 3.63) is 99.8 Å². The minimum atomic E-state index is -1.42. The maximum Gasteiger partial charge on any atom is 0.511 e. The molecular formula is C28H25NO6. The molecule has 4 aromatic rings. The number of rotatable bonds is 8. The third-order valence-electron chi connectivity index (χ3n) is 5.91. The van der Waals surface area contributed by atoms with Crippen molar-refractivity contribution in [2.75, 3.05) is 0 Å². The Hall–Kier alpha value is -4.39. The van der Waals surface area contributed by atoms with Crippen LogP contribution >= 0.6 is 0 Å². The molecule has 0 saturated heterocycles. The van der Waals surface area contributed by atoms with Gasteiger partial charge in [-0.3, -0.25) is 4.79 Å². The number of hydrogen-bond acceptors (Lipinski definition) is 4. The van der Waals surface area contributed by atoms with Gasteiger partial charge in [-0.15, -0.1) is 0 Å². The summed E-state index contributed by atoms with van der Waals surface area (Å²) in [5.41, 5.74) is 3.82. The molecule has 2 N–H and O–H groups in total. The topological polar surface area (TPSA) is 106 Å². The number of aromatic nitrogens is 1. The zero-order chi connectivity index (χ0) is 24.9. The fourth-order valence-electron chi connectivity index (χ4n) is 4.18. The predicted molar refractivity (Wildman–Crippen MR) is 133 cm³/mol. The number of aryl methyl sites for hydroxylation is 1. The van der Waals surface area contributed by atoms with Gasteiger partial charge in [0, 0.05) is 29.8 Å². The van der Waals surface area contributed by atoms with Gasteiger partial charge in [0.25, 0.3) is 0 Å². The van der Waals surface area contributed by atoms with Gasteiger partial charge in [0.15, 0.2) is 5.43 Å². The Labute approximate surface area is 201 Å². The van der Waals surface area contributed by atoms with E-state index in [0.717, 1.165) is 24.0 Å². The van der Waals surface area contributed by atoms with Crippen LogP contribution in [-0.4, -0.2) is 26.9 Å². The van der Waals surface area contributed by atoms with Crippen LogP contribution in [0.5, 0.6) is 5.75 Å². The Bertz CT molecular complexity index is 1450. The molecule has 3 aromatic carbocycles. The van der Waals surface area contributed by atoms with Gasteiger partial charge in [-0.05, 0) is 47.7 Å². The lowest BCUT2D eigenvalue weighted by Crippen LogP contribution is -2.16. The summed E-state index contributed by atoms with van der Waals surface area (Å²) >= 11 is 0. The van der Waals surface area contributed by atoms with Crippen molar-refractivity contribution in [3.8, 4) is 16.9 Å². The maximum absolute atomic E-state index is 13.0. The van der Waals surface area contributed by atoms with Crippen molar-refractivity contribution in [1.82, 2.24) is 4.57 Å². The second-order valence-corrected chi connectivity index (χ2v) is 8.31. The lowest BCUT2D eigenvalue weighted by atomic mass is 9.98. The first kappa shape index (κ1) is 23.8. The van der Waals surface area contributed by atoms with E-state index in [1.807, 2.05) is 35.0 Å². The summed E-state index contributed by atoms with van der Waals surface area (Å²) in [6.07, 6.45) is 2.91. The van der Waals surface area contributed by atoms with Crippen LogP contribution < -0.4 is 10.2 Å². The molecule has 0 bridgehead atoms. The number of carboxylic acids is 1. The van der Waals surface area contributed by atoms with Crippen LogP contribution in [0.15, 0.2) is 77.7 Å². The van der Waals surface area contributed by atoms with Crippen molar-refractivity contribution < 1.29 is 24.5 Å². The van der Waals surface area contributed by atoms with Gasteiger partial charge in [-0.2, -0.15) is 0 Å². The van der Waals surface area contributed by atoms with E-state index in [1.165, 1.54) is 6.07 Å². The monoisotopic (exact) mass is 471 g/mol. The summed E-state index contributed by atoms with van der Waals surface area (Å²) in [6.45, 7) is 2.51. The molecule has 7 heteroatoms. The highest BCUT2D eigenvalue weighted by Crippen LogP contribution is 2.25. The van der Waals surface area contributed by atoms with E-state index in [9.17, 15) is 19.5 Å². The number of unbranched alkanes of at least 4 members (excludes halogenated alkanes) is 1. The molecule has 0 atom stereocenters. The van der Waals surface area contributed by atoms with E-state index in [0.29, 0.717) is 35.0 Å². The standard InChI is InChI=1S/C28H25NO6/c1-2-3-6-20-17-29(25-15-21(35-28(33)34)13-14-24(25)26(20)30)16-18-9-11-19(12-10-18)22-7-4-5-8-23(22)27(31)32/h4-5,7-15,17H,2-3,6,16H2,1H3,(H,31,32)(H,33,34). The van der Waals surface area contributed by atoms with Crippen molar-refractivity contribution in [1.29, 1.82) is 0 Å². The number of aromatic carboxylic acids is 1. The second-order valence-electron chi connectivity index (χ2n) is 8.31. The third-order valence-corrected chi connectivity index (χ3v) is 5.91. The van der Waals surface area contributed by atoms with Crippen molar-refractivity contribution in [2.24, 2.45) is 0 Å². The molecule has 0 saturated carbocycles. The first-order chi connectivity index (χ1) is 16.9. The minimum Gasteiger partial charge on any atom is -0.478 e. The average molecular weight is 472 g/mol. The molecule has 35 heavy (non-hydrogen) atoms. The minimum absolute atomic E-state index is 0.0628. The van der Waals surface area contributed by atoms with Crippen LogP contribution in [0.1, 0.15) is 41.3 Å². The summed E-state index contributed by atoms with van der Waals surface area (Å²) in [4.78, 5) is 35.6. The maximum atomic E-state index is 13.0. The lowest BCUT2D eigenvalue weighted by Gasteiger charge is -2.15. The molecule has 7 nitrogen and oxygen atoms in total. The lowest BCUT2D eigenvalue weighted by molar-refractivity contribution is 0.0697. The van der Waals surface area contributed by atoms with Gasteiger partial charge in [0.05, 0.1) is 11.1 Å². The van der Waals surface area contributed by atoms with Crippen LogP contribution in [0, 0.1) is 0 Å². The highest BCUT2D eigenvalue weighted by Gasteiger charge is 2.13. The van der Waals surface area contributed by atoms with E-state index >= 15 is 0 Å². The molecule has 1 aromatic heterocycles. The number of benzene rings is 3. The third kappa shape index (κ3) is 5.24. The number of carbonyl (C=O) groups is 2. The van der Waals surface area contributed by atoms with Gasteiger partial charge in [0.1, 0.15) is 5.75 Å². The number of ether oxygens (including phenoxy) is 1. The van der Waals surface area contributed by atoms with Gasteiger partial charge in [-0.1, -0.05) is 55.8 Å². The normalized spacial score (nSPS) is 10.9. The van der Waals surface area contributed by atoms with Gasteiger partial charge in [0.2, 0.25) is 0 Å². The highest BCUT2D eigenvalue weighted by molar-refractivity contribution is 5.96. The van der Waals surface area contributed by atoms with Crippen molar-refractivity contribution in [3.63, 3.8) is 0 Å². The molecule has 178 valence electrons. The summed E-state index contributed by atoms with van der Waals surface area (Å²) in [5.74, 6) is -0.844. The summed E-state index contributed by atoms with van der Waals surface area (Å²) in [5, 5.41) is 19.0. The molecule has 1 heterocycles. The molecule has 0 unspecified atom stereocenters. The molecule has 0 fully saturated rings. The van der Waals surface area contributed by atoms with Crippen LogP contribution in [-0.2, 0) is 13.0 Å². The zero-order valence-electron chi connectivity index (χ0n) is 19.2. The van der Waals surface area contributed by atoms with Crippen LogP contribution in [0.3, 0.4) is 0 Å². The van der Waals surface area contributed by atoms with E-state index in [2.05, 4.69) is 6.92 Å². The number of hydrogen-bond donors (Lipinski definition) is 2. The molecule has 4 rings (SSSR count). The van der Waals surface area contributed by atoms with E-state index < -0.39 is 12.1 Å². The Morgan fingerprint density at radius 1 is 0.971 bits per heavy atom. The second kappa shape index (κ2) is 10.3. The number of nitrogens with zero attached hydrogens (tertiary/aromatic N) is 1. The van der Waals surface area contributed by atoms with E-state index in [4.69, 9.17) is 9.84 Å². The van der Waals surface area contributed by atoms with Gasteiger partial charge < -0.3 is 19.5 Å². The number of pyridine rings is 1. The average Bonchev–Trinajstić information content (AvgIpc) is 2.85. The van der Waals surface area contributed by atoms with Gasteiger partial charge in [-0.25, -0.2) is 9.59 Å². The van der Waals surface area contributed by atoms with E-state index in [-0.39, 0.29) is 16.7 Å². The molecule has 0 radical (unpaired) electrons. The van der Waals surface area contributed by atoms with Crippen molar-refractivity contribution >= 4 is 23.0 Å². The smallest absolute Gasteiger partial charge is 0.478 e. The Morgan fingerprint density at radius 3 is 2.40 bits per heavy atom. The first-order valence-corrected chi connectivity index (χ1v) is 11.4. The van der Waals surface area contributed by atoms with Crippen LogP contribution in [0.4, 0.5) is 4.79 Å². The Kier molecular flexibility index (Phi) is 6.96. The SMILES string of the molecule is CCCCc1cn(Cc2ccc(-c3ccccc3C(=O)O)cc2)c2cc(OC(=O)O)ccc2c1=O. The highest BCUT2D eigenvalue weighted by atomic mass is 16.7. The first-order valence-electron chi connectivity index (χ1n) is 11.4. The molecule has 0 spiro atoms. The Morgan fingerprint density at radius 2 is 1.71 bits per heavy atom. The van der Waals surface area contributed by atoms with Crippen molar-refractivity contribution in [2.45, 2.75) is 32.7 Å². The largest absolute Gasteiger partial charge is 0.511 e. The van der Waals surface area contributed by atoms with E-state index in [1.54, 1.807) is 36.4 Å². The van der Waals surface area contributed by atoms with Crippen LogP contribution in [0.25, 0.3) is 22.0 Å². The Balaban J connectivity index is 1.74. The quantitative estimate of drug-likeness (QED) is 0.248. The number of carboxylic acid groups (broad SMARTS) is 2. The number of fused-ring (bicyclic) bond motifs is 1. The fourth-order valence-corrected chi connectivity index (χ4v) is 4.18. The fraction of sp³-hybridized carbons (Fsp3) is 0.179. The van der Waals surface area contributed by atoms with Gasteiger partial charge >= 0.3 is 12.1 Å². The molecule has 0 aliphatic heterocycles. The molecule has 0 aliphatic rings. The summed E-state index contributed by atoms with van der Waals surface area (Å²) in [7, 11) is 0.